The Hall–Kier alpha value is -0.0800. The second-order valence-electron chi connectivity index (χ2n) is 5.50. The molecule has 15 heavy (non-hydrogen) atoms. The summed E-state index contributed by atoms with van der Waals surface area (Å²) < 4.78 is 5.57. The van der Waals surface area contributed by atoms with Crippen LogP contribution in [-0.2, 0) is 4.74 Å². The van der Waals surface area contributed by atoms with E-state index < -0.39 is 0 Å². The molecule has 2 heteroatoms. The molecule has 0 aromatic heterocycles. The molecule has 1 aliphatic heterocycles. The van der Waals surface area contributed by atoms with Crippen molar-refractivity contribution in [2.24, 2.45) is 17.6 Å². The maximum atomic E-state index is 6.57. The molecule has 2 aliphatic rings. The summed E-state index contributed by atoms with van der Waals surface area (Å²) in [5, 5.41) is 0. The average molecular weight is 211 g/mol. The Morgan fingerprint density at radius 1 is 1.27 bits per heavy atom. The lowest BCUT2D eigenvalue weighted by Gasteiger charge is -2.44. The van der Waals surface area contributed by atoms with Crippen molar-refractivity contribution in [1.29, 1.82) is 0 Å². The first kappa shape index (κ1) is 11.4. The summed E-state index contributed by atoms with van der Waals surface area (Å²) in [6.45, 7) is 4.16. The van der Waals surface area contributed by atoms with Gasteiger partial charge in [0.05, 0.1) is 6.61 Å². The van der Waals surface area contributed by atoms with Crippen LogP contribution in [0, 0.1) is 11.8 Å². The minimum absolute atomic E-state index is 0.103. The molecule has 2 N–H and O–H groups in total. The van der Waals surface area contributed by atoms with Crippen molar-refractivity contribution in [2.45, 2.75) is 57.4 Å². The number of ether oxygens (including phenoxy) is 1. The minimum Gasteiger partial charge on any atom is -0.381 e. The third-order valence-electron chi connectivity index (χ3n) is 4.59. The molecule has 0 radical (unpaired) electrons. The van der Waals surface area contributed by atoms with Gasteiger partial charge in [-0.05, 0) is 44.4 Å². The van der Waals surface area contributed by atoms with Gasteiger partial charge in [-0.15, -0.1) is 0 Å². The van der Waals surface area contributed by atoms with Crippen molar-refractivity contribution in [1.82, 2.24) is 0 Å². The molecule has 1 saturated carbocycles. The lowest BCUT2D eigenvalue weighted by molar-refractivity contribution is 0.00602. The van der Waals surface area contributed by atoms with Crippen LogP contribution in [0.2, 0.25) is 0 Å². The summed E-state index contributed by atoms with van der Waals surface area (Å²) in [5.74, 6) is 1.57. The van der Waals surface area contributed by atoms with Gasteiger partial charge in [0.1, 0.15) is 0 Å². The Labute approximate surface area is 93.6 Å². The van der Waals surface area contributed by atoms with E-state index in [0.29, 0.717) is 5.92 Å². The van der Waals surface area contributed by atoms with Crippen molar-refractivity contribution >= 4 is 0 Å². The fraction of sp³-hybridized carbons (Fsp3) is 1.00. The Bertz CT molecular complexity index is 191. The van der Waals surface area contributed by atoms with E-state index in [9.17, 15) is 0 Å². The lowest BCUT2D eigenvalue weighted by Crippen LogP contribution is -2.52. The highest BCUT2D eigenvalue weighted by Gasteiger charge is 2.38. The fourth-order valence-corrected chi connectivity index (χ4v) is 3.23. The molecule has 0 aromatic carbocycles. The number of hydrogen-bond donors (Lipinski definition) is 1. The van der Waals surface area contributed by atoms with E-state index in [1.54, 1.807) is 0 Å². The standard InChI is InChI=1S/C13H25NO/c1-2-11-5-7-13(14,8-6-11)12-4-3-9-15-10-12/h11-12H,2-10,14H2,1H3. The summed E-state index contributed by atoms with van der Waals surface area (Å²) in [6, 6.07) is 0. The van der Waals surface area contributed by atoms with E-state index in [-0.39, 0.29) is 5.54 Å². The van der Waals surface area contributed by atoms with Gasteiger partial charge in [0.2, 0.25) is 0 Å². The molecule has 2 fully saturated rings. The number of hydrogen-bond acceptors (Lipinski definition) is 2. The van der Waals surface area contributed by atoms with E-state index in [1.165, 1.54) is 44.9 Å². The molecule has 0 amide bonds. The van der Waals surface area contributed by atoms with Gasteiger partial charge in [-0.2, -0.15) is 0 Å². The van der Waals surface area contributed by atoms with E-state index in [2.05, 4.69) is 6.92 Å². The molecule has 0 aromatic rings. The highest BCUT2D eigenvalue weighted by molar-refractivity contribution is 4.95. The summed E-state index contributed by atoms with van der Waals surface area (Å²) in [5.41, 5.74) is 6.67. The van der Waals surface area contributed by atoms with E-state index >= 15 is 0 Å². The second kappa shape index (κ2) is 4.84. The van der Waals surface area contributed by atoms with Gasteiger partial charge in [-0.1, -0.05) is 13.3 Å². The van der Waals surface area contributed by atoms with Crippen LogP contribution in [-0.4, -0.2) is 18.8 Å². The van der Waals surface area contributed by atoms with Gasteiger partial charge in [-0.3, -0.25) is 0 Å². The fourth-order valence-electron chi connectivity index (χ4n) is 3.23. The van der Waals surface area contributed by atoms with Crippen LogP contribution < -0.4 is 5.73 Å². The highest BCUT2D eigenvalue weighted by Crippen LogP contribution is 2.39. The first-order valence-corrected chi connectivity index (χ1v) is 6.61. The molecule has 1 aliphatic carbocycles. The quantitative estimate of drug-likeness (QED) is 0.762. The molecular formula is C13H25NO. The Morgan fingerprint density at radius 2 is 2.00 bits per heavy atom. The van der Waals surface area contributed by atoms with Crippen LogP contribution in [0.5, 0.6) is 0 Å². The largest absolute Gasteiger partial charge is 0.381 e. The van der Waals surface area contributed by atoms with Crippen LogP contribution in [0.1, 0.15) is 51.9 Å². The summed E-state index contributed by atoms with van der Waals surface area (Å²) >= 11 is 0. The van der Waals surface area contributed by atoms with Crippen LogP contribution >= 0.6 is 0 Å². The predicted molar refractivity (Wildman–Crippen MR) is 62.7 cm³/mol. The van der Waals surface area contributed by atoms with E-state index in [0.717, 1.165) is 19.1 Å². The van der Waals surface area contributed by atoms with Gasteiger partial charge in [0.25, 0.3) is 0 Å². The zero-order valence-electron chi connectivity index (χ0n) is 10.0. The van der Waals surface area contributed by atoms with Crippen LogP contribution in [0.15, 0.2) is 0 Å². The maximum Gasteiger partial charge on any atom is 0.0511 e. The second-order valence-corrected chi connectivity index (χ2v) is 5.50. The summed E-state index contributed by atoms with van der Waals surface area (Å²) in [4.78, 5) is 0. The normalized spacial score (nSPS) is 42.8. The van der Waals surface area contributed by atoms with Crippen LogP contribution in [0.4, 0.5) is 0 Å². The molecule has 1 atom stereocenters. The van der Waals surface area contributed by atoms with Gasteiger partial charge in [0.15, 0.2) is 0 Å². The lowest BCUT2D eigenvalue weighted by atomic mass is 9.68. The molecule has 2 nitrogen and oxygen atoms in total. The molecule has 0 bridgehead atoms. The van der Waals surface area contributed by atoms with Gasteiger partial charge in [0, 0.05) is 18.1 Å². The Kier molecular flexibility index (Phi) is 3.68. The average Bonchev–Trinajstić information content (AvgIpc) is 2.31. The van der Waals surface area contributed by atoms with E-state index in [1.807, 2.05) is 0 Å². The van der Waals surface area contributed by atoms with Gasteiger partial charge < -0.3 is 10.5 Å². The smallest absolute Gasteiger partial charge is 0.0511 e. The topological polar surface area (TPSA) is 35.2 Å². The molecule has 2 rings (SSSR count). The van der Waals surface area contributed by atoms with Crippen molar-refractivity contribution in [3.05, 3.63) is 0 Å². The molecule has 1 unspecified atom stereocenters. The van der Waals surface area contributed by atoms with Gasteiger partial charge >= 0.3 is 0 Å². The zero-order valence-corrected chi connectivity index (χ0v) is 10.0. The third-order valence-corrected chi connectivity index (χ3v) is 4.59. The molecular weight excluding hydrogens is 186 g/mol. The SMILES string of the molecule is CCC1CCC(N)(C2CCCOC2)CC1. The number of nitrogens with two attached hydrogens (primary N) is 1. The molecule has 1 saturated heterocycles. The maximum absolute atomic E-state index is 6.57. The van der Waals surface area contributed by atoms with Crippen molar-refractivity contribution in [3.8, 4) is 0 Å². The minimum atomic E-state index is 0.103. The van der Waals surface area contributed by atoms with Crippen molar-refractivity contribution in [3.63, 3.8) is 0 Å². The monoisotopic (exact) mass is 211 g/mol. The van der Waals surface area contributed by atoms with Crippen molar-refractivity contribution in [2.75, 3.05) is 13.2 Å². The third kappa shape index (κ3) is 2.54. The highest BCUT2D eigenvalue weighted by atomic mass is 16.5. The number of rotatable bonds is 2. The Morgan fingerprint density at radius 3 is 2.53 bits per heavy atom. The predicted octanol–water partition coefficient (Wildman–Crippen LogP) is 2.71. The summed E-state index contributed by atoms with van der Waals surface area (Å²) in [7, 11) is 0. The zero-order chi connectivity index (χ0) is 10.7. The first-order valence-electron chi connectivity index (χ1n) is 6.61. The van der Waals surface area contributed by atoms with E-state index in [4.69, 9.17) is 10.5 Å². The van der Waals surface area contributed by atoms with Crippen LogP contribution in [0.3, 0.4) is 0 Å². The Balaban J connectivity index is 1.89. The first-order chi connectivity index (χ1) is 7.24. The van der Waals surface area contributed by atoms with Gasteiger partial charge in [-0.25, -0.2) is 0 Å². The summed E-state index contributed by atoms with van der Waals surface area (Å²) in [6.07, 6.45) is 8.94. The molecule has 0 spiro atoms. The van der Waals surface area contributed by atoms with Crippen molar-refractivity contribution < 1.29 is 4.74 Å². The molecule has 1 heterocycles. The molecule has 88 valence electrons. The van der Waals surface area contributed by atoms with Crippen LogP contribution in [0.25, 0.3) is 0 Å².